The molecule has 2 aromatic heterocycles. The minimum absolute atomic E-state index is 0.00358. The topological polar surface area (TPSA) is 52.7 Å². The van der Waals surface area contributed by atoms with Gasteiger partial charge >= 0.3 is 0 Å². The maximum Gasteiger partial charge on any atom is 0.262 e. The van der Waals surface area contributed by atoms with Crippen LogP contribution >= 0.6 is 11.8 Å². The van der Waals surface area contributed by atoms with Gasteiger partial charge in [0.1, 0.15) is 0 Å². The summed E-state index contributed by atoms with van der Waals surface area (Å²) in [5.74, 6) is 0.655. The molecule has 0 aliphatic heterocycles. The number of hydrogen-bond donors (Lipinski definition) is 0. The first kappa shape index (κ1) is 20.3. The van der Waals surface area contributed by atoms with Crippen molar-refractivity contribution in [2.45, 2.75) is 24.4 Å². The molecule has 32 heavy (non-hydrogen) atoms. The molecule has 2 heterocycles. The molecular weight excluding hydrogens is 416 g/mol. The third kappa shape index (κ3) is 3.85. The van der Waals surface area contributed by atoms with Crippen LogP contribution in [0.25, 0.3) is 27.8 Å². The number of fused-ring (bicyclic) bond motifs is 1. The van der Waals surface area contributed by atoms with E-state index in [4.69, 9.17) is 10.1 Å². The molecular formula is C26H22N4OS. The molecule has 0 unspecified atom stereocenters. The zero-order valence-electron chi connectivity index (χ0n) is 17.7. The van der Waals surface area contributed by atoms with Crippen LogP contribution in [0.4, 0.5) is 0 Å². The lowest BCUT2D eigenvalue weighted by Crippen LogP contribution is -2.22. The first-order valence-corrected chi connectivity index (χ1v) is 11.5. The molecule has 0 spiro atoms. The molecule has 3 aromatic carbocycles. The lowest BCUT2D eigenvalue weighted by atomic mass is 10.1. The smallest absolute Gasteiger partial charge is 0.262 e. The second-order valence-electron chi connectivity index (χ2n) is 7.40. The van der Waals surface area contributed by atoms with E-state index in [9.17, 15) is 4.79 Å². The van der Waals surface area contributed by atoms with Crippen LogP contribution in [-0.2, 0) is 12.3 Å². The van der Waals surface area contributed by atoms with Gasteiger partial charge in [0.25, 0.3) is 5.56 Å². The van der Waals surface area contributed by atoms with Crippen LogP contribution in [0.3, 0.4) is 0 Å². The lowest BCUT2D eigenvalue weighted by molar-refractivity contribution is 0.634. The van der Waals surface area contributed by atoms with Crippen LogP contribution in [0.5, 0.6) is 0 Å². The summed E-state index contributed by atoms with van der Waals surface area (Å²) in [5.41, 5.74) is 4.84. The molecule has 158 valence electrons. The third-order valence-corrected chi connectivity index (χ3v) is 6.38. The van der Waals surface area contributed by atoms with E-state index in [0.29, 0.717) is 17.7 Å². The van der Waals surface area contributed by atoms with Crippen molar-refractivity contribution in [2.75, 3.05) is 0 Å². The minimum Gasteiger partial charge on any atom is -0.287 e. The first-order valence-electron chi connectivity index (χ1n) is 10.6. The normalized spacial score (nSPS) is 11.2. The Balaban J connectivity index is 1.55. The van der Waals surface area contributed by atoms with Crippen molar-refractivity contribution in [3.8, 4) is 16.9 Å². The van der Waals surface area contributed by atoms with E-state index in [1.807, 2.05) is 84.4 Å². The van der Waals surface area contributed by atoms with Crippen molar-refractivity contribution in [3.05, 3.63) is 107 Å². The third-order valence-electron chi connectivity index (χ3n) is 5.36. The Morgan fingerprint density at radius 1 is 0.875 bits per heavy atom. The highest BCUT2D eigenvalue weighted by atomic mass is 32.2. The molecule has 6 heteroatoms. The van der Waals surface area contributed by atoms with E-state index >= 15 is 0 Å². The van der Waals surface area contributed by atoms with Gasteiger partial charge in [-0.1, -0.05) is 72.4 Å². The van der Waals surface area contributed by atoms with Crippen molar-refractivity contribution in [1.29, 1.82) is 0 Å². The van der Waals surface area contributed by atoms with Gasteiger partial charge in [0.2, 0.25) is 0 Å². The van der Waals surface area contributed by atoms with Crippen LogP contribution in [0.2, 0.25) is 0 Å². The van der Waals surface area contributed by atoms with Crippen molar-refractivity contribution >= 4 is 22.7 Å². The Morgan fingerprint density at radius 3 is 2.31 bits per heavy atom. The number of benzene rings is 3. The Hall–Kier alpha value is -3.64. The van der Waals surface area contributed by atoms with Crippen molar-refractivity contribution in [1.82, 2.24) is 19.3 Å². The molecule has 0 N–H and O–H groups in total. The van der Waals surface area contributed by atoms with E-state index in [1.165, 1.54) is 0 Å². The highest BCUT2D eigenvalue weighted by Crippen LogP contribution is 2.29. The maximum atomic E-state index is 13.0. The molecule has 0 amide bonds. The zero-order chi connectivity index (χ0) is 21.9. The fraction of sp³-hybridized carbons (Fsp3) is 0.115. The van der Waals surface area contributed by atoms with Gasteiger partial charge in [-0.25, -0.2) is 9.67 Å². The number of hydrogen-bond acceptors (Lipinski definition) is 4. The quantitative estimate of drug-likeness (QED) is 0.257. The average molecular weight is 439 g/mol. The fourth-order valence-corrected chi connectivity index (χ4v) is 4.77. The van der Waals surface area contributed by atoms with Gasteiger partial charge in [0, 0.05) is 29.6 Å². The van der Waals surface area contributed by atoms with Gasteiger partial charge in [-0.3, -0.25) is 9.36 Å². The Morgan fingerprint density at radius 2 is 1.56 bits per heavy atom. The van der Waals surface area contributed by atoms with Crippen LogP contribution in [-0.4, -0.2) is 19.3 Å². The summed E-state index contributed by atoms with van der Waals surface area (Å²) in [6.45, 7) is 2.55. The number of para-hydroxylation sites is 2. The summed E-state index contributed by atoms with van der Waals surface area (Å²) in [6.07, 6.45) is 2.07. The molecule has 0 bridgehead atoms. The molecule has 0 saturated carbocycles. The SMILES string of the molecule is CCn1c(SCc2cn(-c3ccccc3)nc2-c2ccccc2)nc2ccccc2c1=O. The molecule has 0 aliphatic carbocycles. The second-order valence-corrected chi connectivity index (χ2v) is 8.34. The van der Waals surface area contributed by atoms with Gasteiger partial charge < -0.3 is 0 Å². The Labute approximate surface area is 190 Å². The average Bonchev–Trinajstić information content (AvgIpc) is 3.28. The molecule has 0 fully saturated rings. The highest BCUT2D eigenvalue weighted by molar-refractivity contribution is 7.98. The molecule has 5 aromatic rings. The highest BCUT2D eigenvalue weighted by Gasteiger charge is 2.15. The number of thioether (sulfide) groups is 1. The largest absolute Gasteiger partial charge is 0.287 e. The Bertz CT molecular complexity index is 1430. The van der Waals surface area contributed by atoms with Crippen molar-refractivity contribution in [2.24, 2.45) is 0 Å². The van der Waals surface area contributed by atoms with Crippen molar-refractivity contribution < 1.29 is 0 Å². The van der Waals surface area contributed by atoms with Gasteiger partial charge in [0.05, 0.1) is 22.3 Å². The first-order chi connectivity index (χ1) is 15.7. The lowest BCUT2D eigenvalue weighted by Gasteiger charge is -2.11. The molecule has 0 radical (unpaired) electrons. The summed E-state index contributed by atoms with van der Waals surface area (Å²) in [5, 5.41) is 6.27. The predicted molar refractivity (Wildman–Crippen MR) is 130 cm³/mol. The minimum atomic E-state index is 0.00358. The van der Waals surface area contributed by atoms with E-state index in [1.54, 1.807) is 16.3 Å². The number of nitrogens with zero attached hydrogens (tertiary/aromatic N) is 4. The van der Waals surface area contributed by atoms with Gasteiger partial charge in [0.15, 0.2) is 5.16 Å². The van der Waals surface area contributed by atoms with E-state index in [2.05, 4.69) is 18.3 Å². The maximum absolute atomic E-state index is 13.0. The van der Waals surface area contributed by atoms with E-state index < -0.39 is 0 Å². The summed E-state index contributed by atoms with van der Waals surface area (Å²) >= 11 is 1.57. The van der Waals surface area contributed by atoms with Crippen LogP contribution in [0, 0.1) is 0 Å². The summed E-state index contributed by atoms with van der Waals surface area (Å²) < 4.78 is 3.66. The molecule has 0 aliphatic rings. The zero-order valence-corrected chi connectivity index (χ0v) is 18.5. The standard InChI is InChI=1S/C26H22N4OS/c1-2-29-25(31)22-15-9-10-16-23(22)27-26(29)32-18-20-17-30(21-13-7-4-8-14-21)28-24(20)19-11-5-3-6-12-19/h3-17H,2,18H2,1H3. The number of rotatable bonds is 6. The van der Waals surface area contributed by atoms with Crippen LogP contribution < -0.4 is 5.56 Å². The Kier molecular flexibility index (Phi) is 5.60. The van der Waals surface area contributed by atoms with Crippen LogP contribution in [0.1, 0.15) is 12.5 Å². The molecule has 5 rings (SSSR count). The van der Waals surface area contributed by atoms with Crippen LogP contribution in [0.15, 0.2) is 101 Å². The van der Waals surface area contributed by atoms with E-state index in [0.717, 1.165) is 33.2 Å². The molecule has 0 atom stereocenters. The summed E-state index contributed by atoms with van der Waals surface area (Å²) in [6, 6.07) is 27.8. The monoisotopic (exact) mass is 438 g/mol. The van der Waals surface area contributed by atoms with Gasteiger partial charge in [-0.2, -0.15) is 5.10 Å². The summed E-state index contributed by atoms with van der Waals surface area (Å²) in [7, 11) is 0. The van der Waals surface area contributed by atoms with Gasteiger partial charge in [-0.05, 0) is 31.2 Å². The summed E-state index contributed by atoms with van der Waals surface area (Å²) in [4.78, 5) is 17.8. The van der Waals surface area contributed by atoms with Crippen molar-refractivity contribution in [3.63, 3.8) is 0 Å². The molecule has 5 nitrogen and oxygen atoms in total. The van der Waals surface area contributed by atoms with E-state index in [-0.39, 0.29) is 5.56 Å². The predicted octanol–water partition coefficient (Wildman–Crippen LogP) is 5.56. The number of aromatic nitrogens is 4. The van der Waals surface area contributed by atoms with Gasteiger partial charge in [-0.15, -0.1) is 0 Å². The second kappa shape index (κ2) is 8.85. The fourth-order valence-electron chi connectivity index (χ4n) is 3.75. The molecule has 0 saturated heterocycles.